The van der Waals surface area contributed by atoms with Crippen LogP contribution in [-0.4, -0.2) is 57.2 Å². The van der Waals surface area contributed by atoms with Crippen molar-refractivity contribution in [1.29, 1.82) is 0 Å². The summed E-state index contributed by atoms with van der Waals surface area (Å²) in [6.07, 6.45) is 0.780. The Labute approximate surface area is 170 Å². The molecule has 3 rings (SSSR count). The fourth-order valence-electron chi connectivity index (χ4n) is 4.05. The first-order chi connectivity index (χ1) is 14.0. The molecule has 2 aliphatic rings. The van der Waals surface area contributed by atoms with E-state index in [0.29, 0.717) is 19.8 Å². The Kier molecular flexibility index (Phi) is 7.41. The molecule has 7 nitrogen and oxygen atoms in total. The second-order valence-corrected chi connectivity index (χ2v) is 7.35. The van der Waals surface area contributed by atoms with Gasteiger partial charge in [0.15, 0.2) is 0 Å². The summed E-state index contributed by atoms with van der Waals surface area (Å²) in [6, 6.07) is 9.85. The standard InChI is InChI=1S/C22H28O7/c1-14(23)27-11-17-9-19(25-3)21-18(17)12-28-20(22(21)29-15(2)24)13-26-10-16-7-5-4-6-8-16/h4-9,18-22H,10-13H2,1-3H3/t18-,19+,20-,21-,22-/m1/s1. The Morgan fingerprint density at radius 1 is 1.10 bits per heavy atom. The van der Waals surface area contributed by atoms with Gasteiger partial charge in [-0.05, 0) is 11.1 Å². The van der Waals surface area contributed by atoms with Crippen molar-refractivity contribution in [1.82, 2.24) is 0 Å². The topological polar surface area (TPSA) is 80.3 Å². The van der Waals surface area contributed by atoms with Gasteiger partial charge in [0.25, 0.3) is 0 Å². The van der Waals surface area contributed by atoms with Crippen molar-refractivity contribution in [3.8, 4) is 0 Å². The minimum atomic E-state index is -0.516. The number of hydrogen-bond donors (Lipinski definition) is 0. The molecular weight excluding hydrogens is 376 g/mol. The SMILES string of the molecule is CO[C@H]1C=C(COC(C)=O)[C@H]2CO[C@H](COCc3ccccc3)[C@@H](OC(C)=O)[C@@H]12. The maximum absolute atomic E-state index is 11.8. The molecule has 29 heavy (non-hydrogen) atoms. The summed E-state index contributed by atoms with van der Waals surface area (Å²) in [6.45, 7) is 4.11. The molecule has 0 N–H and O–H groups in total. The van der Waals surface area contributed by atoms with Crippen LogP contribution in [0.25, 0.3) is 0 Å². The van der Waals surface area contributed by atoms with E-state index >= 15 is 0 Å². The zero-order valence-electron chi connectivity index (χ0n) is 17.0. The van der Waals surface area contributed by atoms with Gasteiger partial charge in [-0.3, -0.25) is 9.59 Å². The van der Waals surface area contributed by atoms with Crippen molar-refractivity contribution in [3.05, 3.63) is 47.5 Å². The van der Waals surface area contributed by atoms with E-state index in [-0.39, 0.29) is 36.5 Å². The van der Waals surface area contributed by atoms with Gasteiger partial charge in [-0.15, -0.1) is 0 Å². The van der Waals surface area contributed by atoms with Crippen molar-refractivity contribution in [3.63, 3.8) is 0 Å². The molecule has 5 atom stereocenters. The average molecular weight is 404 g/mol. The quantitative estimate of drug-likeness (QED) is 0.486. The van der Waals surface area contributed by atoms with E-state index < -0.39 is 12.2 Å². The second kappa shape index (κ2) is 10.0. The third kappa shape index (κ3) is 5.44. The normalized spacial score (nSPS) is 28.4. The summed E-state index contributed by atoms with van der Waals surface area (Å²) < 4.78 is 28.4. The van der Waals surface area contributed by atoms with Gasteiger partial charge >= 0.3 is 11.9 Å². The molecular formula is C22H28O7. The molecule has 0 aromatic heterocycles. The van der Waals surface area contributed by atoms with Crippen molar-refractivity contribution >= 4 is 11.9 Å². The van der Waals surface area contributed by atoms with Crippen LogP contribution >= 0.6 is 0 Å². The van der Waals surface area contributed by atoms with Gasteiger partial charge in [0, 0.05) is 32.8 Å². The number of hydrogen-bond acceptors (Lipinski definition) is 7. The summed E-state index contributed by atoms with van der Waals surface area (Å²) in [5.41, 5.74) is 1.99. The van der Waals surface area contributed by atoms with Crippen LogP contribution in [0.1, 0.15) is 19.4 Å². The van der Waals surface area contributed by atoms with E-state index in [1.807, 2.05) is 36.4 Å². The largest absolute Gasteiger partial charge is 0.461 e. The molecule has 1 aliphatic heterocycles. The average Bonchev–Trinajstić information content (AvgIpc) is 3.06. The molecule has 0 radical (unpaired) electrons. The lowest BCUT2D eigenvalue weighted by molar-refractivity contribution is -0.193. The number of carbonyl (C=O) groups is 2. The molecule has 0 spiro atoms. The molecule has 7 heteroatoms. The van der Waals surface area contributed by atoms with Crippen LogP contribution in [0.5, 0.6) is 0 Å². The van der Waals surface area contributed by atoms with Crippen molar-refractivity contribution in [2.45, 2.75) is 38.8 Å². The Morgan fingerprint density at radius 2 is 1.86 bits per heavy atom. The number of esters is 2. The lowest BCUT2D eigenvalue weighted by Gasteiger charge is -2.41. The van der Waals surface area contributed by atoms with E-state index in [9.17, 15) is 9.59 Å². The summed E-state index contributed by atoms with van der Waals surface area (Å²) >= 11 is 0. The molecule has 1 saturated heterocycles. The lowest BCUT2D eigenvalue weighted by atomic mass is 9.81. The third-order valence-electron chi connectivity index (χ3n) is 5.34. The number of benzene rings is 1. The molecule has 0 bridgehead atoms. The summed E-state index contributed by atoms with van der Waals surface area (Å²) in [7, 11) is 1.62. The number of methoxy groups -OCH3 is 1. The molecule has 0 unspecified atom stereocenters. The second-order valence-electron chi connectivity index (χ2n) is 7.35. The van der Waals surface area contributed by atoms with Crippen LogP contribution in [0.3, 0.4) is 0 Å². The van der Waals surface area contributed by atoms with E-state index in [1.165, 1.54) is 13.8 Å². The van der Waals surface area contributed by atoms with Gasteiger partial charge in [0.2, 0.25) is 0 Å². The van der Waals surface area contributed by atoms with Gasteiger partial charge < -0.3 is 23.7 Å². The zero-order chi connectivity index (χ0) is 20.8. The van der Waals surface area contributed by atoms with Crippen LogP contribution in [0.4, 0.5) is 0 Å². The minimum Gasteiger partial charge on any atom is -0.461 e. The fourth-order valence-corrected chi connectivity index (χ4v) is 4.05. The van der Waals surface area contributed by atoms with Gasteiger partial charge in [0.1, 0.15) is 18.8 Å². The van der Waals surface area contributed by atoms with Gasteiger partial charge in [0.05, 0.1) is 25.9 Å². The van der Waals surface area contributed by atoms with Gasteiger partial charge in [-0.2, -0.15) is 0 Å². The lowest BCUT2D eigenvalue weighted by Crippen LogP contribution is -2.52. The zero-order valence-corrected chi connectivity index (χ0v) is 17.0. The number of ether oxygens (including phenoxy) is 5. The predicted molar refractivity (Wildman–Crippen MR) is 104 cm³/mol. The molecule has 1 fully saturated rings. The first kappa shape index (κ1) is 21.5. The van der Waals surface area contributed by atoms with Crippen LogP contribution in [0, 0.1) is 11.8 Å². The van der Waals surface area contributed by atoms with E-state index in [1.54, 1.807) is 7.11 Å². The first-order valence-corrected chi connectivity index (χ1v) is 9.76. The molecule has 1 aromatic rings. The Hall–Kier alpha value is -2.22. The first-order valence-electron chi connectivity index (χ1n) is 9.76. The number of rotatable bonds is 8. The molecule has 1 heterocycles. The molecule has 0 saturated carbocycles. The van der Waals surface area contributed by atoms with E-state index in [4.69, 9.17) is 23.7 Å². The monoisotopic (exact) mass is 404 g/mol. The van der Waals surface area contributed by atoms with Crippen molar-refractivity contribution in [2.24, 2.45) is 11.8 Å². The predicted octanol–water partition coefficient (Wildman–Crippen LogP) is 2.28. The Morgan fingerprint density at radius 3 is 2.52 bits per heavy atom. The minimum absolute atomic E-state index is 0.0472. The Balaban J connectivity index is 1.69. The van der Waals surface area contributed by atoms with Crippen molar-refractivity contribution in [2.75, 3.05) is 26.9 Å². The summed E-state index contributed by atoms with van der Waals surface area (Å²) in [4.78, 5) is 23.0. The van der Waals surface area contributed by atoms with E-state index in [0.717, 1.165) is 11.1 Å². The summed E-state index contributed by atoms with van der Waals surface area (Å²) in [5, 5.41) is 0. The van der Waals surface area contributed by atoms with E-state index in [2.05, 4.69) is 0 Å². The van der Waals surface area contributed by atoms with Crippen molar-refractivity contribution < 1.29 is 33.3 Å². The maximum atomic E-state index is 11.8. The van der Waals surface area contributed by atoms with Gasteiger partial charge in [-0.1, -0.05) is 36.4 Å². The Bertz CT molecular complexity index is 730. The highest BCUT2D eigenvalue weighted by molar-refractivity contribution is 5.66. The summed E-state index contributed by atoms with van der Waals surface area (Å²) in [5.74, 6) is -0.887. The van der Waals surface area contributed by atoms with Crippen LogP contribution in [0.2, 0.25) is 0 Å². The molecule has 1 aromatic carbocycles. The smallest absolute Gasteiger partial charge is 0.303 e. The van der Waals surface area contributed by atoms with Crippen LogP contribution in [0.15, 0.2) is 42.0 Å². The molecule has 0 amide bonds. The number of carbonyl (C=O) groups excluding carboxylic acids is 2. The van der Waals surface area contributed by atoms with Crippen LogP contribution in [-0.2, 0) is 39.9 Å². The molecule has 158 valence electrons. The number of fused-ring (bicyclic) bond motifs is 1. The fraction of sp³-hybridized carbons (Fsp3) is 0.545. The third-order valence-corrected chi connectivity index (χ3v) is 5.34. The highest BCUT2D eigenvalue weighted by Crippen LogP contribution is 2.42. The van der Waals surface area contributed by atoms with Crippen LogP contribution < -0.4 is 0 Å². The maximum Gasteiger partial charge on any atom is 0.303 e. The molecule has 1 aliphatic carbocycles. The highest BCUT2D eigenvalue weighted by Gasteiger charge is 2.50. The van der Waals surface area contributed by atoms with Gasteiger partial charge in [-0.25, -0.2) is 0 Å². The highest BCUT2D eigenvalue weighted by atomic mass is 16.6.